The molecule has 0 bridgehead atoms. The number of anilines is 1. The van der Waals surface area contributed by atoms with Gasteiger partial charge in [-0.25, -0.2) is 23.5 Å². The molecule has 3 atom stereocenters. The van der Waals surface area contributed by atoms with Crippen molar-refractivity contribution in [1.82, 2.24) is 15.0 Å². The predicted molar refractivity (Wildman–Crippen MR) is 128 cm³/mol. The number of morpholine rings is 1. The zero-order valence-corrected chi connectivity index (χ0v) is 20.5. The number of aryl methyl sites for hydroxylation is 1. The van der Waals surface area contributed by atoms with Crippen LogP contribution in [0, 0.1) is 6.92 Å². The summed E-state index contributed by atoms with van der Waals surface area (Å²) in [6.45, 7) is 8.19. The Balaban J connectivity index is 1.68. The van der Waals surface area contributed by atoms with Crippen molar-refractivity contribution < 1.29 is 8.95 Å². The summed E-state index contributed by atoms with van der Waals surface area (Å²) in [5.74, 6) is 2.07. The maximum absolute atomic E-state index is 14.1. The molecule has 5 rings (SSSR count). The van der Waals surface area contributed by atoms with E-state index in [4.69, 9.17) is 30.7 Å². The number of hydrogen-bond acceptors (Lipinski definition) is 7. The highest BCUT2D eigenvalue weighted by atomic mass is 35.5. The second kappa shape index (κ2) is 8.22. The zero-order chi connectivity index (χ0) is 22.5. The van der Waals surface area contributed by atoms with Gasteiger partial charge in [-0.15, -0.1) is 0 Å². The zero-order valence-electron chi connectivity index (χ0n) is 18.9. The van der Waals surface area contributed by atoms with E-state index in [2.05, 4.69) is 23.7 Å². The summed E-state index contributed by atoms with van der Waals surface area (Å²) in [5, 5.41) is 0.412. The second-order valence-corrected chi connectivity index (χ2v) is 12.6. The average molecular weight is 476 g/mol. The lowest BCUT2D eigenvalue weighted by Crippen LogP contribution is -2.44. The van der Waals surface area contributed by atoms with Gasteiger partial charge in [0.05, 0.1) is 45.5 Å². The Morgan fingerprint density at radius 1 is 1.25 bits per heavy atom. The van der Waals surface area contributed by atoms with E-state index in [0.717, 1.165) is 55.0 Å². The van der Waals surface area contributed by atoms with E-state index >= 15 is 0 Å². The Labute approximate surface area is 195 Å². The van der Waals surface area contributed by atoms with Crippen molar-refractivity contribution in [3.8, 4) is 11.4 Å². The molecule has 1 saturated carbocycles. The van der Waals surface area contributed by atoms with Gasteiger partial charge in [0.15, 0.2) is 5.82 Å². The van der Waals surface area contributed by atoms with Crippen molar-refractivity contribution in [2.75, 3.05) is 30.4 Å². The third-order valence-electron chi connectivity index (χ3n) is 6.74. The number of ether oxygens (including phenoxy) is 1. The molecule has 2 unspecified atom stereocenters. The van der Waals surface area contributed by atoms with Crippen molar-refractivity contribution in [1.29, 1.82) is 0 Å². The fraction of sp³-hybridized carbons (Fsp3) is 0.609. The molecule has 7 nitrogen and oxygen atoms in total. The van der Waals surface area contributed by atoms with E-state index in [9.17, 15) is 4.21 Å². The van der Waals surface area contributed by atoms with Gasteiger partial charge in [0.2, 0.25) is 0 Å². The minimum absolute atomic E-state index is 0.194. The fourth-order valence-corrected chi connectivity index (χ4v) is 7.84. The van der Waals surface area contributed by atoms with Gasteiger partial charge >= 0.3 is 0 Å². The van der Waals surface area contributed by atoms with E-state index < -0.39 is 14.5 Å². The molecule has 0 radical (unpaired) electrons. The van der Waals surface area contributed by atoms with Crippen LogP contribution in [-0.2, 0) is 19.2 Å². The standard InChI is InChI=1S/C23H30ClN5O2S/c1-15-11-17(12-20(24)25-15)22-26-19(13-21(27-22)29-8-9-31-14-16(29)2)23(3)7-4-10-32(23,30)28-18-5-6-18/h11-13,16,18H,4-10,14H2,1-3H3/t16-,23?,32?/m1/s1. The maximum Gasteiger partial charge on any atom is 0.161 e. The van der Waals surface area contributed by atoms with Gasteiger partial charge in [0, 0.05) is 29.6 Å². The second-order valence-electron chi connectivity index (χ2n) is 9.39. The molecular formula is C23H30ClN5O2S. The van der Waals surface area contributed by atoms with Gasteiger partial charge in [-0.1, -0.05) is 11.6 Å². The van der Waals surface area contributed by atoms with Gasteiger partial charge in [-0.2, -0.15) is 0 Å². The first-order valence-electron chi connectivity index (χ1n) is 11.4. The Hall–Kier alpha value is -1.77. The van der Waals surface area contributed by atoms with Crippen LogP contribution in [0.4, 0.5) is 5.82 Å². The highest BCUT2D eigenvalue weighted by molar-refractivity contribution is 7.94. The lowest BCUT2D eigenvalue weighted by Gasteiger charge is -2.35. The van der Waals surface area contributed by atoms with Crippen molar-refractivity contribution in [2.24, 2.45) is 4.36 Å². The molecular weight excluding hydrogens is 446 g/mol. The molecule has 4 heterocycles. The van der Waals surface area contributed by atoms with Crippen molar-refractivity contribution >= 4 is 27.1 Å². The summed E-state index contributed by atoms with van der Waals surface area (Å²) < 4.78 is 24.0. The summed E-state index contributed by atoms with van der Waals surface area (Å²) in [5.41, 5.74) is 2.44. The number of halogens is 1. The molecule has 3 aliphatic rings. The van der Waals surface area contributed by atoms with Crippen LogP contribution in [0.25, 0.3) is 11.4 Å². The highest BCUT2D eigenvalue weighted by Crippen LogP contribution is 2.45. The van der Waals surface area contributed by atoms with E-state index in [-0.39, 0.29) is 12.1 Å². The van der Waals surface area contributed by atoms with Gasteiger partial charge in [0.1, 0.15) is 11.0 Å². The largest absolute Gasteiger partial charge is 0.377 e. The van der Waals surface area contributed by atoms with Crippen LogP contribution in [0.2, 0.25) is 5.15 Å². The molecule has 1 aliphatic carbocycles. The molecule has 32 heavy (non-hydrogen) atoms. The first-order chi connectivity index (χ1) is 15.3. The number of hydrogen-bond donors (Lipinski definition) is 0. The minimum atomic E-state index is -2.41. The first kappa shape index (κ1) is 22.0. The summed E-state index contributed by atoms with van der Waals surface area (Å²) in [4.78, 5) is 16.5. The van der Waals surface area contributed by atoms with Crippen molar-refractivity contribution in [2.45, 2.75) is 63.3 Å². The van der Waals surface area contributed by atoms with Crippen molar-refractivity contribution in [3.63, 3.8) is 0 Å². The normalized spacial score (nSPS) is 30.5. The minimum Gasteiger partial charge on any atom is -0.377 e. The van der Waals surface area contributed by atoms with Gasteiger partial charge in [0.25, 0.3) is 0 Å². The van der Waals surface area contributed by atoms with Gasteiger partial charge < -0.3 is 9.64 Å². The summed E-state index contributed by atoms with van der Waals surface area (Å²) >= 11 is 6.26. The van der Waals surface area contributed by atoms with Crippen LogP contribution >= 0.6 is 11.6 Å². The molecule has 3 fully saturated rings. The SMILES string of the molecule is Cc1cc(-c2nc(N3CCOC[C@H]3C)cc(C3(C)CCCS3(=O)=NC3CC3)n2)cc(Cl)n1. The summed E-state index contributed by atoms with van der Waals surface area (Å²) in [6, 6.07) is 6.22. The molecule has 2 aliphatic heterocycles. The quantitative estimate of drug-likeness (QED) is 0.611. The lowest BCUT2D eigenvalue weighted by atomic mass is 10.0. The number of nitrogens with zero attached hydrogens (tertiary/aromatic N) is 5. The first-order valence-corrected chi connectivity index (χ1v) is 13.5. The van der Waals surface area contributed by atoms with Gasteiger partial charge in [-0.05, 0) is 58.6 Å². The van der Waals surface area contributed by atoms with Crippen LogP contribution in [0.1, 0.15) is 50.9 Å². The smallest absolute Gasteiger partial charge is 0.161 e. The maximum atomic E-state index is 14.1. The van der Waals surface area contributed by atoms with E-state index in [1.165, 1.54) is 0 Å². The molecule has 9 heteroatoms. The molecule has 0 amide bonds. The molecule has 172 valence electrons. The Kier molecular flexibility index (Phi) is 5.66. The molecule has 2 saturated heterocycles. The molecule has 0 spiro atoms. The lowest BCUT2D eigenvalue weighted by molar-refractivity contribution is 0.0985. The Morgan fingerprint density at radius 3 is 2.78 bits per heavy atom. The number of aromatic nitrogens is 3. The Bertz CT molecular complexity index is 1140. The van der Waals surface area contributed by atoms with E-state index in [0.29, 0.717) is 29.9 Å². The van der Waals surface area contributed by atoms with Crippen LogP contribution in [0.5, 0.6) is 0 Å². The average Bonchev–Trinajstić information content (AvgIpc) is 3.51. The molecule has 2 aromatic heterocycles. The highest BCUT2D eigenvalue weighted by Gasteiger charge is 2.46. The van der Waals surface area contributed by atoms with Crippen LogP contribution in [0.15, 0.2) is 22.6 Å². The summed E-state index contributed by atoms with van der Waals surface area (Å²) in [7, 11) is -2.41. The third kappa shape index (κ3) is 4.01. The van der Waals surface area contributed by atoms with Crippen LogP contribution < -0.4 is 4.90 Å². The number of rotatable bonds is 4. The fourth-order valence-electron chi connectivity index (χ4n) is 4.68. The Morgan fingerprint density at radius 2 is 2.06 bits per heavy atom. The van der Waals surface area contributed by atoms with E-state index in [1.807, 2.05) is 19.1 Å². The van der Waals surface area contributed by atoms with Crippen LogP contribution in [-0.4, -0.2) is 56.8 Å². The summed E-state index contributed by atoms with van der Waals surface area (Å²) in [6.07, 6.45) is 3.81. The third-order valence-corrected chi connectivity index (χ3v) is 10.2. The number of pyridine rings is 1. The molecule has 0 N–H and O–H groups in total. The van der Waals surface area contributed by atoms with Gasteiger partial charge in [-0.3, -0.25) is 0 Å². The van der Waals surface area contributed by atoms with E-state index in [1.54, 1.807) is 6.07 Å². The topological polar surface area (TPSA) is 80.6 Å². The monoisotopic (exact) mass is 475 g/mol. The molecule has 2 aromatic rings. The molecule has 0 aromatic carbocycles. The predicted octanol–water partition coefficient (Wildman–Crippen LogP) is 4.36. The van der Waals surface area contributed by atoms with Crippen molar-refractivity contribution in [3.05, 3.63) is 34.7 Å². The van der Waals surface area contributed by atoms with Crippen LogP contribution in [0.3, 0.4) is 0 Å².